The van der Waals surface area contributed by atoms with E-state index in [1.807, 2.05) is 51.1 Å². The van der Waals surface area contributed by atoms with Crippen molar-refractivity contribution in [3.63, 3.8) is 0 Å². The Balaban J connectivity index is 0.00000134. The van der Waals surface area contributed by atoms with E-state index in [4.69, 9.17) is 26.5 Å². The van der Waals surface area contributed by atoms with Crippen LogP contribution in [0.25, 0.3) is 11.3 Å². The van der Waals surface area contributed by atoms with Gasteiger partial charge in [0.1, 0.15) is 37.2 Å². The van der Waals surface area contributed by atoms with Gasteiger partial charge in [0.25, 0.3) is 17.7 Å². The number of aliphatic hydroxyl groups excluding tert-OH is 1. The normalized spacial score (nSPS) is 13.5. The first-order chi connectivity index (χ1) is 28.9. The Morgan fingerprint density at radius 3 is 2.05 bits per heavy atom. The molecule has 8 N–H and O–H groups in total. The van der Waals surface area contributed by atoms with Crippen LogP contribution in [-0.2, 0) is 40.1 Å². The van der Waals surface area contributed by atoms with E-state index in [0.29, 0.717) is 10.8 Å². The van der Waals surface area contributed by atoms with Gasteiger partial charge in [-0.1, -0.05) is 51.1 Å². The quantitative estimate of drug-likeness (QED) is 0.0277. The second kappa shape index (κ2) is 21.8. The zero-order valence-corrected chi connectivity index (χ0v) is 33.7. The number of aliphatic carboxylic acids is 1. The number of carboxylic acid groups (broad SMARTS) is 1. The molecule has 0 bridgehead atoms. The molecule has 0 fully saturated rings. The lowest BCUT2D eigenvalue weighted by Gasteiger charge is -2.40. The largest absolute Gasteiger partial charge is 0.490 e. The SMILES string of the molecule is CC(C)(C)[C@H](c1nc(-c2cc(F)ccc2F)cn1Cc1ccccc1)N(CC[C@H](N)C(=O)N(N)CC(=O)NCCNC(=O)CN1C(=O)C=CC1=O)C(=O)CO.O=C(O)C(F)(F)F. The molecule has 1 aliphatic heterocycles. The number of hydrogen-bond acceptors (Lipinski definition) is 11. The third-order valence-corrected chi connectivity index (χ3v) is 8.85. The van der Waals surface area contributed by atoms with E-state index >= 15 is 0 Å². The third kappa shape index (κ3) is 14.3. The van der Waals surface area contributed by atoms with Gasteiger partial charge in [-0.2, -0.15) is 13.2 Å². The lowest BCUT2D eigenvalue weighted by Crippen LogP contribution is -2.53. The summed E-state index contributed by atoms with van der Waals surface area (Å²) in [5, 5.41) is 22.7. The molecule has 2 atom stereocenters. The highest BCUT2D eigenvalue weighted by Crippen LogP contribution is 2.39. The highest BCUT2D eigenvalue weighted by Gasteiger charge is 2.39. The van der Waals surface area contributed by atoms with Crippen molar-refractivity contribution in [2.24, 2.45) is 17.0 Å². The molecular weight excluding hydrogens is 833 g/mol. The average Bonchev–Trinajstić information content (AvgIpc) is 3.75. The van der Waals surface area contributed by atoms with E-state index < -0.39 is 96.4 Å². The molecule has 62 heavy (non-hydrogen) atoms. The monoisotopic (exact) mass is 879 g/mol. The zero-order chi connectivity index (χ0) is 46.5. The molecule has 23 heteroatoms. The highest BCUT2D eigenvalue weighted by molar-refractivity contribution is 6.14. The molecule has 3 aromatic rings. The Bertz CT molecular complexity index is 2130. The topological polar surface area (TPSA) is 264 Å². The fourth-order valence-corrected chi connectivity index (χ4v) is 5.96. The number of aliphatic hydroxyl groups is 1. The third-order valence-electron chi connectivity index (χ3n) is 8.85. The number of carbonyl (C=O) groups excluding carboxylic acids is 6. The van der Waals surface area contributed by atoms with Crippen LogP contribution in [-0.4, -0.2) is 128 Å². The number of hydrazine groups is 1. The number of nitrogens with one attached hydrogen (secondary N) is 2. The number of hydrogen-bond donors (Lipinski definition) is 6. The molecule has 6 amide bonds. The number of imidazole rings is 1. The van der Waals surface area contributed by atoms with Gasteiger partial charge in [-0.05, 0) is 35.6 Å². The first-order valence-corrected chi connectivity index (χ1v) is 18.6. The molecule has 0 saturated carbocycles. The maximum Gasteiger partial charge on any atom is 0.490 e. The van der Waals surface area contributed by atoms with Gasteiger partial charge in [0.05, 0.1) is 17.8 Å². The van der Waals surface area contributed by atoms with Crippen LogP contribution < -0.4 is 22.2 Å². The first-order valence-electron chi connectivity index (χ1n) is 18.6. The van der Waals surface area contributed by atoms with Crippen LogP contribution in [0.15, 0.2) is 66.9 Å². The molecule has 0 unspecified atom stereocenters. The van der Waals surface area contributed by atoms with E-state index in [1.165, 1.54) is 4.90 Å². The van der Waals surface area contributed by atoms with Crippen LogP contribution in [0.3, 0.4) is 0 Å². The van der Waals surface area contributed by atoms with Crippen molar-refractivity contribution >= 4 is 41.4 Å². The highest BCUT2D eigenvalue weighted by atomic mass is 19.4. The number of amides is 6. The average molecular weight is 880 g/mol. The number of rotatable bonds is 17. The van der Waals surface area contributed by atoms with Gasteiger partial charge in [-0.25, -0.2) is 24.4 Å². The van der Waals surface area contributed by atoms with Crippen molar-refractivity contribution in [3.8, 4) is 11.3 Å². The minimum Gasteiger partial charge on any atom is -0.475 e. The van der Waals surface area contributed by atoms with E-state index in [-0.39, 0.29) is 43.9 Å². The summed E-state index contributed by atoms with van der Waals surface area (Å²) in [6.45, 7) is 3.53. The Hall–Kier alpha value is -6.59. The van der Waals surface area contributed by atoms with Crippen LogP contribution in [0.5, 0.6) is 0 Å². The predicted octanol–water partition coefficient (Wildman–Crippen LogP) is 0.995. The molecule has 1 aromatic heterocycles. The van der Waals surface area contributed by atoms with Crippen molar-refractivity contribution in [1.82, 2.24) is 35.0 Å². The maximum atomic E-state index is 15.0. The molecule has 2 heterocycles. The number of benzene rings is 2. The lowest BCUT2D eigenvalue weighted by atomic mass is 9.84. The van der Waals surface area contributed by atoms with Crippen LogP contribution in [0.4, 0.5) is 22.0 Å². The summed E-state index contributed by atoms with van der Waals surface area (Å²) < 4.78 is 62.7. The Morgan fingerprint density at radius 2 is 1.50 bits per heavy atom. The second-order valence-electron chi connectivity index (χ2n) is 14.7. The van der Waals surface area contributed by atoms with E-state index in [9.17, 15) is 55.8 Å². The summed E-state index contributed by atoms with van der Waals surface area (Å²) in [4.78, 5) is 90.0. The number of alkyl halides is 3. The second-order valence-corrected chi connectivity index (χ2v) is 14.7. The van der Waals surface area contributed by atoms with Crippen LogP contribution in [0.1, 0.15) is 44.6 Å². The summed E-state index contributed by atoms with van der Waals surface area (Å²) in [5.41, 5.74) is 6.33. The van der Waals surface area contributed by atoms with Crippen LogP contribution in [0, 0.1) is 17.0 Å². The lowest BCUT2D eigenvalue weighted by molar-refractivity contribution is -0.192. The number of nitrogens with zero attached hydrogens (tertiary/aromatic N) is 5. The minimum atomic E-state index is -5.08. The van der Waals surface area contributed by atoms with Gasteiger partial charge in [0, 0.05) is 50.1 Å². The molecule has 0 saturated heterocycles. The van der Waals surface area contributed by atoms with Crippen molar-refractivity contribution in [2.45, 2.75) is 52.0 Å². The van der Waals surface area contributed by atoms with Gasteiger partial charge in [0.2, 0.25) is 17.7 Å². The maximum absolute atomic E-state index is 15.0. The number of aromatic nitrogens is 2. The summed E-state index contributed by atoms with van der Waals surface area (Å²) in [6, 6.07) is 10.1. The first kappa shape index (κ1) is 49.8. The Kier molecular flexibility index (Phi) is 17.5. The standard InChI is InChI=1S/C37H45F2N9O7.C2HF3O2/c1-37(2,3)34(35-44-28(25-17-24(38)9-10-26(25)39)19-45(35)18-23-7-5-4-6-8-23)46(33(54)22-49)16-13-27(40)36(55)48(41)21-30(51)43-15-14-42-29(50)20-47-31(52)11-12-32(47)53;3-2(4,5)1(6)7/h4-12,17,19,27,34,49H,13-16,18,20-22,40-41H2,1-3H3,(H,42,50)(H,43,51);(H,6,7)/t27-,34-;/m0./s1. The van der Waals surface area contributed by atoms with E-state index in [0.717, 1.165) is 40.8 Å². The molecule has 2 aromatic carbocycles. The zero-order valence-electron chi connectivity index (χ0n) is 33.7. The summed E-state index contributed by atoms with van der Waals surface area (Å²) in [7, 11) is 0. The van der Waals surface area contributed by atoms with Crippen LogP contribution in [0.2, 0.25) is 0 Å². The molecule has 18 nitrogen and oxygen atoms in total. The molecule has 0 aliphatic carbocycles. The van der Waals surface area contributed by atoms with Crippen molar-refractivity contribution in [2.75, 3.05) is 39.3 Å². The van der Waals surface area contributed by atoms with E-state index in [2.05, 4.69) is 10.6 Å². The van der Waals surface area contributed by atoms with Crippen molar-refractivity contribution in [3.05, 3.63) is 89.9 Å². The van der Waals surface area contributed by atoms with Crippen molar-refractivity contribution < 1.29 is 65.7 Å². The smallest absolute Gasteiger partial charge is 0.475 e. The Labute approximate surface area is 351 Å². The van der Waals surface area contributed by atoms with Gasteiger partial charge >= 0.3 is 12.1 Å². The molecule has 0 radical (unpaired) electrons. The van der Waals surface area contributed by atoms with Crippen molar-refractivity contribution in [1.29, 1.82) is 0 Å². The van der Waals surface area contributed by atoms with E-state index in [1.54, 1.807) is 10.8 Å². The minimum absolute atomic E-state index is 0.0435. The van der Waals surface area contributed by atoms with Crippen LogP contribution >= 0.6 is 0 Å². The number of carbonyl (C=O) groups is 7. The predicted molar refractivity (Wildman–Crippen MR) is 208 cm³/mol. The molecule has 1 aliphatic rings. The van der Waals surface area contributed by atoms with Gasteiger partial charge < -0.3 is 36.0 Å². The summed E-state index contributed by atoms with van der Waals surface area (Å²) >= 11 is 0. The Morgan fingerprint density at radius 1 is 0.919 bits per heavy atom. The van der Waals surface area contributed by atoms with Gasteiger partial charge in [0.15, 0.2) is 0 Å². The van der Waals surface area contributed by atoms with Gasteiger partial charge in [-0.3, -0.25) is 38.7 Å². The molecule has 0 spiro atoms. The molecular formula is C39H46F5N9O9. The number of nitrogens with two attached hydrogens (primary N) is 2. The summed E-state index contributed by atoms with van der Waals surface area (Å²) in [6.07, 6.45) is -1.57. The summed E-state index contributed by atoms with van der Waals surface area (Å²) in [5.74, 6) is -1.99. The fraction of sp³-hybridized carbons (Fsp3) is 0.385. The molecule has 4 rings (SSSR count). The fourth-order valence-electron chi connectivity index (χ4n) is 5.96. The number of carboxylic acids is 1. The number of halogens is 5. The number of imide groups is 1. The molecule has 336 valence electrons. The van der Waals surface area contributed by atoms with Gasteiger partial charge in [-0.15, -0.1) is 0 Å².